The van der Waals surface area contributed by atoms with Crippen molar-refractivity contribution in [3.8, 4) is 11.3 Å². The molecule has 0 atom stereocenters. The fourth-order valence-electron chi connectivity index (χ4n) is 1.79. The third-order valence-electron chi connectivity index (χ3n) is 2.88. The van der Waals surface area contributed by atoms with Crippen molar-refractivity contribution in [1.29, 1.82) is 0 Å². The molecule has 3 N–H and O–H groups in total. The summed E-state index contributed by atoms with van der Waals surface area (Å²) in [6, 6.07) is 7.47. The highest BCUT2D eigenvalue weighted by atomic mass is 32.1. The Bertz CT molecular complexity index is 776. The molecule has 2 heterocycles. The van der Waals surface area contributed by atoms with Gasteiger partial charge in [-0.05, 0) is 19.1 Å². The molecule has 0 aliphatic rings. The molecular formula is C14H12N4OS2. The molecule has 0 bridgehead atoms. The Kier molecular flexibility index (Phi) is 3.68. The molecule has 0 fully saturated rings. The third kappa shape index (κ3) is 2.93. The number of aryl methyl sites for hydroxylation is 1. The second-order valence-electron chi connectivity index (χ2n) is 4.38. The standard InChI is InChI=1S/C14H12N4OS2/c1-8-12(21-7-16-8)13(19)18-14-17-11(6-20-14)9-2-4-10(15)5-3-9/h2-7H,15H2,1H3,(H,17,18,19). The summed E-state index contributed by atoms with van der Waals surface area (Å²) < 4.78 is 0. The Hall–Kier alpha value is -2.25. The molecule has 0 radical (unpaired) electrons. The summed E-state index contributed by atoms with van der Waals surface area (Å²) in [5.41, 5.74) is 10.5. The summed E-state index contributed by atoms with van der Waals surface area (Å²) in [5, 5.41) is 5.27. The van der Waals surface area contributed by atoms with Gasteiger partial charge in [-0.1, -0.05) is 12.1 Å². The highest BCUT2D eigenvalue weighted by molar-refractivity contribution is 7.14. The van der Waals surface area contributed by atoms with Crippen LogP contribution in [0.15, 0.2) is 35.2 Å². The maximum absolute atomic E-state index is 12.1. The van der Waals surface area contributed by atoms with Crippen molar-refractivity contribution in [2.24, 2.45) is 0 Å². The molecule has 1 amide bonds. The zero-order valence-corrected chi connectivity index (χ0v) is 12.8. The lowest BCUT2D eigenvalue weighted by molar-refractivity contribution is 0.103. The van der Waals surface area contributed by atoms with Gasteiger partial charge in [0.15, 0.2) is 5.13 Å². The number of amides is 1. The van der Waals surface area contributed by atoms with Crippen LogP contribution in [-0.2, 0) is 0 Å². The molecule has 3 aromatic rings. The average molecular weight is 316 g/mol. The smallest absolute Gasteiger partial charge is 0.269 e. The van der Waals surface area contributed by atoms with Gasteiger partial charge in [0.2, 0.25) is 0 Å². The first-order valence-electron chi connectivity index (χ1n) is 6.16. The molecule has 0 saturated carbocycles. The number of nitrogens with two attached hydrogens (primary N) is 1. The van der Waals surface area contributed by atoms with Gasteiger partial charge in [-0.2, -0.15) is 0 Å². The molecule has 5 nitrogen and oxygen atoms in total. The van der Waals surface area contributed by atoms with E-state index in [1.807, 2.05) is 36.6 Å². The summed E-state index contributed by atoms with van der Waals surface area (Å²) in [6.45, 7) is 1.81. The fourth-order valence-corrected chi connectivity index (χ4v) is 3.20. The van der Waals surface area contributed by atoms with E-state index in [0.29, 0.717) is 15.7 Å². The van der Waals surface area contributed by atoms with Gasteiger partial charge in [-0.25, -0.2) is 9.97 Å². The molecule has 0 spiro atoms. The zero-order valence-electron chi connectivity index (χ0n) is 11.2. The first-order chi connectivity index (χ1) is 10.1. The number of carbonyl (C=O) groups excluding carboxylic acids is 1. The normalized spacial score (nSPS) is 10.5. The minimum atomic E-state index is -0.173. The molecular weight excluding hydrogens is 304 g/mol. The molecule has 0 saturated heterocycles. The molecule has 7 heteroatoms. The van der Waals surface area contributed by atoms with Crippen LogP contribution in [0.4, 0.5) is 10.8 Å². The lowest BCUT2D eigenvalue weighted by Gasteiger charge is -2.00. The monoisotopic (exact) mass is 316 g/mol. The van der Waals surface area contributed by atoms with Gasteiger partial charge in [-0.15, -0.1) is 22.7 Å². The number of anilines is 2. The summed E-state index contributed by atoms with van der Waals surface area (Å²) in [5.74, 6) is -0.173. The van der Waals surface area contributed by atoms with Crippen molar-refractivity contribution >= 4 is 39.4 Å². The minimum Gasteiger partial charge on any atom is -0.399 e. The van der Waals surface area contributed by atoms with Gasteiger partial charge < -0.3 is 5.73 Å². The number of nitrogens with zero attached hydrogens (tertiary/aromatic N) is 2. The van der Waals surface area contributed by atoms with Crippen LogP contribution in [0.3, 0.4) is 0 Å². The molecule has 1 aromatic carbocycles. The van der Waals surface area contributed by atoms with E-state index in [-0.39, 0.29) is 5.91 Å². The second kappa shape index (κ2) is 5.63. The first kappa shape index (κ1) is 13.7. The number of carbonyl (C=O) groups is 1. The molecule has 0 aliphatic heterocycles. The molecule has 106 valence electrons. The number of rotatable bonds is 3. The summed E-state index contributed by atoms with van der Waals surface area (Å²) in [7, 11) is 0. The van der Waals surface area contributed by atoms with E-state index in [0.717, 1.165) is 17.0 Å². The van der Waals surface area contributed by atoms with Gasteiger partial charge in [0, 0.05) is 16.6 Å². The summed E-state index contributed by atoms with van der Waals surface area (Å²) in [4.78, 5) is 21.2. The Balaban J connectivity index is 1.78. The van der Waals surface area contributed by atoms with E-state index in [1.54, 1.807) is 5.51 Å². The lowest BCUT2D eigenvalue weighted by atomic mass is 10.1. The Labute approximate surface area is 129 Å². The maximum Gasteiger partial charge on any atom is 0.269 e. The maximum atomic E-state index is 12.1. The van der Waals surface area contributed by atoms with Crippen LogP contribution in [0.2, 0.25) is 0 Å². The number of benzene rings is 1. The van der Waals surface area contributed by atoms with E-state index >= 15 is 0 Å². The zero-order chi connectivity index (χ0) is 14.8. The number of aromatic nitrogens is 2. The van der Waals surface area contributed by atoms with Crippen LogP contribution in [0, 0.1) is 6.92 Å². The van der Waals surface area contributed by atoms with Gasteiger partial charge in [0.1, 0.15) is 4.88 Å². The quantitative estimate of drug-likeness (QED) is 0.726. The SMILES string of the molecule is Cc1ncsc1C(=O)Nc1nc(-c2ccc(N)cc2)cs1. The van der Waals surface area contributed by atoms with Gasteiger partial charge in [-0.3, -0.25) is 10.1 Å². The van der Waals surface area contributed by atoms with Crippen LogP contribution >= 0.6 is 22.7 Å². The number of hydrogen-bond donors (Lipinski definition) is 2. The fraction of sp³-hybridized carbons (Fsp3) is 0.0714. The number of thiazole rings is 2. The third-order valence-corrected chi connectivity index (χ3v) is 4.57. The van der Waals surface area contributed by atoms with E-state index in [2.05, 4.69) is 15.3 Å². The van der Waals surface area contributed by atoms with E-state index in [1.165, 1.54) is 22.7 Å². The topological polar surface area (TPSA) is 80.9 Å². The van der Waals surface area contributed by atoms with Crippen molar-refractivity contribution in [2.75, 3.05) is 11.1 Å². The molecule has 3 rings (SSSR count). The predicted octanol–water partition coefficient (Wildman–Crippen LogP) is 3.41. The van der Waals surface area contributed by atoms with Crippen molar-refractivity contribution in [3.63, 3.8) is 0 Å². The summed E-state index contributed by atoms with van der Waals surface area (Å²) in [6.07, 6.45) is 0. The van der Waals surface area contributed by atoms with Crippen LogP contribution < -0.4 is 11.1 Å². The first-order valence-corrected chi connectivity index (χ1v) is 7.92. The minimum absolute atomic E-state index is 0.173. The molecule has 0 aliphatic carbocycles. The summed E-state index contributed by atoms with van der Waals surface area (Å²) >= 11 is 2.71. The highest BCUT2D eigenvalue weighted by Crippen LogP contribution is 2.26. The van der Waals surface area contributed by atoms with Crippen molar-refractivity contribution in [3.05, 3.63) is 45.7 Å². The average Bonchev–Trinajstić information content (AvgIpc) is 3.09. The Morgan fingerprint density at radius 2 is 2.00 bits per heavy atom. The van der Waals surface area contributed by atoms with E-state index < -0.39 is 0 Å². The van der Waals surface area contributed by atoms with Crippen molar-refractivity contribution in [1.82, 2.24) is 9.97 Å². The lowest BCUT2D eigenvalue weighted by Crippen LogP contribution is -2.11. The van der Waals surface area contributed by atoms with Gasteiger partial charge in [0.25, 0.3) is 5.91 Å². The molecule has 0 unspecified atom stereocenters. The van der Waals surface area contributed by atoms with Crippen molar-refractivity contribution in [2.45, 2.75) is 6.92 Å². The Morgan fingerprint density at radius 3 is 2.67 bits per heavy atom. The van der Waals surface area contributed by atoms with Crippen LogP contribution in [-0.4, -0.2) is 15.9 Å². The van der Waals surface area contributed by atoms with Gasteiger partial charge in [0.05, 0.1) is 16.9 Å². The predicted molar refractivity (Wildman–Crippen MR) is 86.8 cm³/mol. The number of hydrogen-bond acceptors (Lipinski definition) is 6. The number of nitrogen functional groups attached to an aromatic ring is 1. The van der Waals surface area contributed by atoms with Crippen LogP contribution in [0.1, 0.15) is 15.4 Å². The largest absolute Gasteiger partial charge is 0.399 e. The van der Waals surface area contributed by atoms with E-state index in [9.17, 15) is 4.79 Å². The van der Waals surface area contributed by atoms with Crippen molar-refractivity contribution < 1.29 is 4.79 Å². The molecule has 21 heavy (non-hydrogen) atoms. The van der Waals surface area contributed by atoms with Crippen LogP contribution in [0.25, 0.3) is 11.3 Å². The second-order valence-corrected chi connectivity index (χ2v) is 6.09. The highest BCUT2D eigenvalue weighted by Gasteiger charge is 2.14. The molecule has 2 aromatic heterocycles. The Morgan fingerprint density at radius 1 is 1.24 bits per heavy atom. The number of nitrogens with one attached hydrogen (secondary N) is 1. The van der Waals surface area contributed by atoms with Crippen LogP contribution in [0.5, 0.6) is 0 Å². The van der Waals surface area contributed by atoms with Gasteiger partial charge >= 0.3 is 0 Å². The van der Waals surface area contributed by atoms with E-state index in [4.69, 9.17) is 5.73 Å².